The Morgan fingerprint density at radius 1 is 1.21 bits per heavy atom. The third-order valence-corrected chi connectivity index (χ3v) is 3.76. The van der Waals surface area contributed by atoms with Crippen molar-refractivity contribution in [1.82, 2.24) is 10.6 Å². The lowest BCUT2D eigenvalue weighted by Crippen LogP contribution is -2.31. The molecule has 0 bridgehead atoms. The Hall–Kier alpha value is -1.87. The lowest BCUT2D eigenvalue weighted by molar-refractivity contribution is -0.124. The van der Waals surface area contributed by atoms with Crippen molar-refractivity contribution >= 4 is 16.7 Å². The largest absolute Gasteiger partial charge is 0.352 e. The van der Waals surface area contributed by atoms with Gasteiger partial charge >= 0.3 is 0 Å². The first-order valence-electron chi connectivity index (χ1n) is 6.79. The second kappa shape index (κ2) is 5.41. The number of hydrogen-bond donors (Lipinski definition) is 2. The number of benzene rings is 2. The van der Waals surface area contributed by atoms with E-state index in [1.165, 1.54) is 16.3 Å². The molecule has 1 aliphatic rings. The summed E-state index contributed by atoms with van der Waals surface area (Å²) in [5.41, 5.74) is 1.18. The molecule has 3 nitrogen and oxygen atoms in total. The fourth-order valence-corrected chi connectivity index (χ4v) is 2.65. The molecule has 0 spiro atoms. The van der Waals surface area contributed by atoms with Crippen LogP contribution >= 0.6 is 0 Å². The molecule has 3 heteroatoms. The standard InChI is InChI=1S/C16H18N2O/c19-16(14-8-9-17-10-14)18-11-13-6-3-5-12-4-1-2-7-15(12)13/h1-7,14,17H,8-11H2,(H,18,19). The van der Waals surface area contributed by atoms with E-state index in [9.17, 15) is 4.79 Å². The van der Waals surface area contributed by atoms with Crippen LogP contribution in [0, 0.1) is 5.92 Å². The number of carbonyl (C=O) groups excluding carboxylic acids is 1. The minimum absolute atomic E-state index is 0.134. The first kappa shape index (κ1) is 12.2. The number of nitrogens with one attached hydrogen (secondary N) is 2. The Kier molecular flexibility index (Phi) is 3.47. The van der Waals surface area contributed by atoms with Crippen LogP contribution in [-0.2, 0) is 11.3 Å². The number of fused-ring (bicyclic) bond motifs is 1. The Labute approximate surface area is 113 Å². The molecule has 1 aliphatic heterocycles. The molecule has 3 rings (SSSR count). The first-order valence-corrected chi connectivity index (χ1v) is 6.79. The predicted octanol–water partition coefficient (Wildman–Crippen LogP) is 2.07. The van der Waals surface area contributed by atoms with E-state index >= 15 is 0 Å². The summed E-state index contributed by atoms with van der Waals surface area (Å²) >= 11 is 0. The van der Waals surface area contributed by atoms with Gasteiger partial charge in [0.2, 0.25) is 5.91 Å². The minimum atomic E-state index is 0.134. The summed E-state index contributed by atoms with van der Waals surface area (Å²) in [6.45, 7) is 2.37. The van der Waals surface area contributed by atoms with Crippen molar-refractivity contribution in [3.05, 3.63) is 48.0 Å². The summed E-state index contributed by atoms with van der Waals surface area (Å²) in [7, 11) is 0. The third-order valence-electron chi connectivity index (χ3n) is 3.76. The molecule has 1 unspecified atom stereocenters. The van der Waals surface area contributed by atoms with E-state index in [1.54, 1.807) is 0 Å². The molecular formula is C16H18N2O. The van der Waals surface area contributed by atoms with Gasteiger partial charge in [-0.2, -0.15) is 0 Å². The number of hydrogen-bond acceptors (Lipinski definition) is 2. The second-order valence-corrected chi connectivity index (χ2v) is 5.05. The highest BCUT2D eigenvalue weighted by Gasteiger charge is 2.21. The zero-order chi connectivity index (χ0) is 13.1. The fourth-order valence-electron chi connectivity index (χ4n) is 2.65. The molecular weight excluding hydrogens is 236 g/mol. The molecule has 19 heavy (non-hydrogen) atoms. The summed E-state index contributed by atoms with van der Waals surface area (Å²) in [6, 6.07) is 14.5. The lowest BCUT2D eigenvalue weighted by Gasteiger charge is -2.11. The van der Waals surface area contributed by atoms with Crippen LogP contribution in [-0.4, -0.2) is 19.0 Å². The van der Waals surface area contributed by atoms with E-state index in [1.807, 2.05) is 18.2 Å². The summed E-state index contributed by atoms with van der Waals surface area (Å²) in [5, 5.41) is 8.71. The molecule has 0 aromatic heterocycles. The Balaban J connectivity index is 1.73. The molecule has 0 radical (unpaired) electrons. The Morgan fingerprint density at radius 3 is 2.89 bits per heavy atom. The molecule has 1 amide bonds. The van der Waals surface area contributed by atoms with Gasteiger partial charge in [0.25, 0.3) is 0 Å². The van der Waals surface area contributed by atoms with Crippen molar-refractivity contribution < 1.29 is 4.79 Å². The van der Waals surface area contributed by atoms with Gasteiger partial charge in [-0.15, -0.1) is 0 Å². The monoisotopic (exact) mass is 254 g/mol. The van der Waals surface area contributed by atoms with E-state index in [4.69, 9.17) is 0 Å². The molecule has 1 atom stereocenters. The van der Waals surface area contributed by atoms with E-state index in [-0.39, 0.29) is 11.8 Å². The maximum Gasteiger partial charge on any atom is 0.224 e. The third kappa shape index (κ3) is 2.61. The average molecular weight is 254 g/mol. The Morgan fingerprint density at radius 2 is 2.05 bits per heavy atom. The zero-order valence-corrected chi connectivity index (χ0v) is 10.9. The van der Waals surface area contributed by atoms with E-state index in [0.29, 0.717) is 6.54 Å². The highest BCUT2D eigenvalue weighted by atomic mass is 16.1. The highest BCUT2D eigenvalue weighted by Crippen LogP contribution is 2.18. The number of amides is 1. The maximum absolute atomic E-state index is 12.0. The van der Waals surface area contributed by atoms with Gasteiger partial charge in [0, 0.05) is 13.1 Å². The van der Waals surface area contributed by atoms with Gasteiger partial charge in [-0.1, -0.05) is 42.5 Å². The number of carbonyl (C=O) groups is 1. The predicted molar refractivity (Wildman–Crippen MR) is 76.8 cm³/mol. The molecule has 0 aliphatic carbocycles. The van der Waals surface area contributed by atoms with Crippen LogP contribution in [0.15, 0.2) is 42.5 Å². The van der Waals surface area contributed by atoms with Crippen LogP contribution in [0.4, 0.5) is 0 Å². The van der Waals surface area contributed by atoms with Gasteiger partial charge in [0.15, 0.2) is 0 Å². The molecule has 1 heterocycles. The van der Waals surface area contributed by atoms with Gasteiger partial charge in [-0.3, -0.25) is 4.79 Å². The van der Waals surface area contributed by atoms with Crippen LogP contribution in [0.5, 0.6) is 0 Å². The van der Waals surface area contributed by atoms with Crippen LogP contribution in [0.3, 0.4) is 0 Å². The second-order valence-electron chi connectivity index (χ2n) is 5.05. The number of rotatable bonds is 3. The topological polar surface area (TPSA) is 41.1 Å². The summed E-state index contributed by atoms with van der Waals surface area (Å²) in [6.07, 6.45) is 0.946. The van der Waals surface area contributed by atoms with Crippen molar-refractivity contribution in [2.45, 2.75) is 13.0 Å². The van der Waals surface area contributed by atoms with Crippen LogP contribution in [0.1, 0.15) is 12.0 Å². The van der Waals surface area contributed by atoms with Crippen molar-refractivity contribution in [1.29, 1.82) is 0 Å². The summed E-state index contributed by atoms with van der Waals surface area (Å²) < 4.78 is 0. The minimum Gasteiger partial charge on any atom is -0.352 e. The van der Waals surface area contributed by atoms with Gasteiger partial charge in [-0.25, -0.2) is 0 Å². The smallest absolute Gasteiger partial charge is 0.224 e. The SMILES string of the molecule is O=C(NCc1cccc2ccccc12)C1CCNC1. The van der Waals surface area contributed by atoms with E-state index < -0.39 is 0 Å². The van der Waals surface area contributed by atoms with Crippen LogP contribution < -0.4 is 10.6 Å². The molecule has 98 valence electrons. The van der Waals surface area contributed by atoms with Crippen molar-refractivity contribution in [2.24, 2.45) is 5.92 Å². The highest BCUT2D eigenvalue weighted by molar-refractivity contribution is 5.86. The van der Waals surface area contributed by atoms with Gasteiger partial charge in [-0.05, 0) is 29.3 Å². The normalized spacial score (nSPS) is 18.6. The van der Waals surface area contributed by atoms with Gasteiger partial charge in [0.1, 0.15) is 0 Å². The van der Waals surface area contributed by atoms with E-state index in [0.717, 1.165) is 19.5 Å². The Bertz CT molecular complexity index is 583. The fraction of sp³-hybridized carbons (Fsp3) is 0.312. The lowest BCUT2D eigenvalue weighted by atomic mass is 10.0. The molecule has 1 fully saturated rings. The van der Waals surface area contributed by atoms with Crippen molar-refractivity contribution in [3.8, 4) is 0 Å². The average Bonchev–Trinajstić information content (AvgIpc) is 2.99. The van der Waals surface area contributed by atoms with Crippen LogP contribution in [0.2, 0.25) is 0 Å². The molecule has 1 saturated heterocycles. The molecule has 2 aromatic rings. The first-order chi connectivity index (χ1) is 9.34. The summed E-state index contributed by atoms with van der Waals surface area (Å²) in [4.78, 5) is 12.0. The van der Waals surface area contributed by atoms with Crippen molar-refractivity contribution in [3.63, 3.8) is 0 Å². The molecule has 2 N–H and O–H groups in total. The summed E-state index contributed by atoms with van der Waals surface area (Å²) in [5.74, 6) is 0.299. The van der Waals surface area contributed by atoms with Gasteiger partial charge < -0.3 is 10.6 Å². The maximum atomic E-state index is 12.0. The van der Waals surface area contributed by atoms with Crippen molar-refractivity contribution in [2.75, 3.05) is 13.1 Å². The molecule has 0 saturated carbocycles. The van der Waals surface area contributed by atoms with Crippen LogP contribution in [0.25, 0.3) is 10.8 Å². The quantitative estimate of drug-likeness (QED) is 0.880. The van der Waals surface area contributed by atoms with Gasteiger partial charge in [0.05, 0.1) is 5.92 Å². The van der Waals surface area contributed by atoms with E-state index in [2.05, 4.69) is 34.9 Å². The molecule has 2 aromatic carbocycles. The zero-order valence-electron chi connectivity index (χ0n) is 10.9.